The average molecular weight is 436 g/mol. The smallest absolute Gasteiger partial charge is 0.302 e. The zero-order valence-electron chi connectivity index (χ0n) is 19.5. The van der Waals surface area contributed by atoms with Gasteiger partial charge in [-0.25, -0.2) is 0 Å². The number of unbranched alkanes of at least 4 members (excludes halogenated alkanes) is 2. The molecule has 0 bridgehead atoms. The fourth-order valence-corrected chi connectivity index (χ4v) is 4.31. The molecule has 0 amide bonds. The maximum Gasteiger partial charge on any atom is 0.302 e. The van der Waals surface area contributed by atoms with Gasteiger partial charge in [0, 0.05) is 25.5 Å². The molecule has 2 rings (SSSR count). The number of carbonyl (C=O) groups excluding carboxylic acids is 1. The first kappa shape index (κ1) is 25.5. The molecule has 6 nitrogen and oxygen atoms in total. The lowest BCUT2D eigenvalue weighted by molar-refractivity contribution is -0.148. The van der Waals surface area contributed by atoms with Gasteiger partial charge >= 0.3 is 5.97 Å². The standard InChI is InChI=1S/C25H41NO5/c1-4-5-6-9-21(28)16-23(30-18(2)27)13-12-19-14-20(17-26-3)25(29)24(15-19)31-22-10-7-8-11-22/h14-15,21-23,26,28-29H,4-13,16-17H2,1-3H3. The number of phenols is 1. The second kappa shape index (κ2) is 13.6. The Morgan fingerprint density at radius 3 is 2.61 bits per heavy atom. The highest BCUT2D eigenvalue weighted by Gasteiger charge is 2.21. The van der Waals surface area contributed by atoms with E-state index in [1.165, 1.54) is 19.8 Å². The molecule has 1 aromatic carbocycles. The van der Waals surface area contributed by atoms with Crippen LogP contribution in [0.5, 0.6) is 11.5 Å². The third kappa shape index (κ3) is 9.08. The summed E-state index contributed by atoms with van der Waals surface area (Å²) in [5.41, 5.74) is 1.84. The minimum atomic E-state index is -0.461. The van der Waals surface area contributed by atoms with Crippen molar-refractivity contribution in [2.45, 2.75) is 109 Å². The maximum absolute atomic E-state index is 11.6. The lowest BCUT2D eigenvalue weighted by atomic mass is 9.98. The molecule has 2 atom stereocenters. The predicted octanol–water partition coefficient (Wildman–Crippen LogP) is 4.63. The van der Waals surface area contributed by atoms with Crippen molar-refractivity contribution in [2.24, 2.45) is 0 Å². The molecule has 1 aliphatic carbocycles. The minimum Gasteiger partial charge on any atom is -0.504 e. The number of aliphatic hydroxyl groups excluding tert-OH is 1. The van der Waals surface area contributed by atoms with Gasteiger partial charge in [0.05, 0.1) is 12.2 Å². The van der Waals surface area contributed by atoms with Crippen molar-refractivity contribution in [1.29, 1.82) is 0 Å². The summed E-state index contributed by atoms with van der Waals surface area (Å²) in [4.78, 5) is 11.6. The van der Waals surface area contributed by atoms with Gasteiger partial charge in [-0.2, -0.15) is 0 Å². The molecule has 1 saturated carbocycles. The van der Waals surface area contributed by atoms with Crippen LogP contribution in [-0.2, 0) is 22.5 Å². The summed E-state index contributed by atoms with van der Waals surface area (Å²) in [5, 5.41) is 24.1. The quantitative estimate of drug-likeness (QED) is 0.292. The van der Waals surface area contributed by atoms with Gasteiger partial charge in [-0.05, 0) is 63.6 Å². The number of ether oxygens (including phenoxy) is 2. The van der Waals surface area contributed by atoms with E-state index in [4.69, 9.17) is 9.47 Å². The van der Waals surface area contributed by atoms with Gasteiger partial charge in [-0.1, -0.05) is 32.3 Å². The van der Waals surface area contributed by atoms with Gasteiger partial charge in [0.1, 0.15) is 6.10 Å². The first-order valence-electron chi connectivity index (χ1n) is 11.9. The number of aliphatic hydroxyl groups is 1. The van der Waals surface area contributed by atoms with Gasteiger partial charge in [0.2, 0.25) is 0 Å². The first-order valence-corrected chi connectivity index (χ1v) is 11.9. The molecule has 1 aliphatic rings. The third-order valence-electron chi connectivity index (χ3n) is 5.94. The number of esters is 1. The second-order valence-electron chi connectivity index (χ2n) is 8.81. The van der Waals surface area contributed by atoms with E-state index >= 15 is 0 Å². The zero-order chi connectivity index (χ0) is 22.6. The van der Waals surface area contributed by atoms with Gasteiger partial charge < -0.3 is 25.0 Å². The van der Waals surface area contributed by atoms with Crippen molar-refractivity contribution >= 4 is 5.97 Å². The van der Waals surface area contributed by atoms with Crippen LogP contribution in [0.15, 0.2) is 12.1 Å². The molecular weight excluding hydrogens is 394 g/mol. The second-order valence-corrected chi connectivity index (χ2v) is 8.81. The molecule has 0 radical (unpaired) electrons. The fraction of sp³-hybridized carbons (Fsp3) is 0.720. The van der Waals surface area contributed by atoms with E-state index in [1.807, 2.05) is 19.2 Å². The Morgan fingerprint density at radius 1 is 1.23 bits per heavy atom. The number of rotatable bonds is 14. The highest BCUT2D eigenvalue weighted by atomic mass is 16.5. The molecule has 0 aromatic heterocycles. The van der Waals surface area contributed by atoms with Crippen molar-refractivity contribution in [3.63, 3.8) is 0 Å². The highest BCUT2D eigenvalue weighted by molar-refractivity contribution is 5.66. The number of aryl methyl sites for hydroxylation is 1. The Morgan fingerprint density at radius 2 is 1.97 bits per heavy atom. The van der Waals surface area contributed by atoms with E-state index in [0.717, 1.165) is 49.7 Å². The summed E-state index contributed by atoms with van der Waals surface area (Å²) in [7, 11) is 1.85. The van der Waals surface area contributed by atoms with Crippen molar-refractivity contribution in [3.8, 4) is 11.5 Å². The molecule has 0 heterocycles. The monoisotopic (exact) mass is 435 g/mol. The summed E-state index contributed by atoms with van der Waals surface area (Å²) in [5.74, 6) is 0.420. The molecule has 1 fully saturated rings. The minimum absolute atomic E-state index is 0.163. The lowest BCUT2D eigenvalue weighted by Crippen LogP contribution is -2.23. The van der Waals surface area contributed by atoms with Gasteiger partial charge in [-0.3, -0.25) is 4.79 Å². The molecule has 1 aromatic rings. The summed E-state index contributed by atoms with van der Waals surface area (Å²) in [6.45, 7) is 4.10. The van der Waals surface area contributed by atoms with Crippen molar-refractivity contribution in [2.75, 3.05) is 7.05 Å². The van der Waals surface area contributed by atoms with E-state index in [9.17, 15) is 15.0 Å². The van der Waals surface area contributed by atoms with E-state index in [2.05, 4.69) is 12.2 Å². The number of carbonyl (C=O) groups is 1. The van der Waals surface area contributed by atoms with Crippen molar-refractivity contribution in [3.05, 3.63) is 23.3 Å². The Bertz CT molecular complexity index is 672. The largest absolute Gasteiger partial charge is 0.504 e. The van der Waals surface area contributed by atoms with E-state index in [-0.39, 0.29) is 23.9 Å². The van der Waals surface area contributed by atoms with Crippen LogP contribution in [0.3, 0.4) is 0 Å². The van der Waals surface area contributed by atoms with Crippen LogP contribution in [0.1, 0.15) is 89.2 Å². The maximum atomic E-state index is 11.6. The molecule has 0 aliphatic heterocycles. The number of nitrogens with one attached hydrogen (secondary N) is 1. The van der Waals surface area contributed by atoms with Crippen LogP contribution in [0.2, 0.25) is 0 Å². The topological polar surface area (TPSA) is 88.0 Å². The third-order valence-corrected chi connectivity index (χ3v) is 5.94. The number of benzene rings is 1. The first-order chi connectivity index (χ1) is 14.9. The van der Waals surface area contributed by atoms with Crippen LogP contribution in [-0.4, -0.2) is 41.5 Å². The Kier molecular flexibility index (Phi) is 11.2. The highest BCUT2D eigenvalue weighted by Crippen LogP contribution is 2.35. The Balaban J connectivity index is 2.06. The summed E-state index contributed by atoms with van der Waals surface area (Å²) in [6.07, 6.45) is 9.44. The molecule has 0 saturated heterocycles. The van der Waals surface area contributed by atoms with Crippen LogP contribution < -0.4 is 10.1 Å². The van der Waals surface area contributed by atoms with Gasteiger partial charge in [-0.15, -0.1) is 0 Å². The zero-order valence-corrected chi connectivity index (χ0v) is 19.5. The molecule has 31 heavy (non-hydrogen) atoms. The van der Waals surface area contributed by atoms with E-state index in [0.29, 0.717) is 31.6 Å². The predicted molar refractivity (Wildman–Crippen MR) is 122 cm³/mol. The summed E-state index contributed by atoms with van der Waals surface area (Å²) < 4.78 is 11.6. The number of hydrogen-bond donors (Lipinski definition) is 3. The average Bonchev–Trinajstić information content (AvgIpc) is 3.22. The number of hydrogen-bond acceptors (Lipinski definition) is 6. The number of phenolic OH excluding ortho intramolecular Hbond substituents is 1. The SMILES string of the molecule is CCCCCC(O)CC(CCc1cc(CNC)c(O)c(OC2CCCC2)c1)OC(C)=O. The Labute approximate surface area is 187 Å². The van der Waals surface area contributed by atoms with Crippen LogP contribution in [0.25, 0.3) is 0 Å². The van der Waals surface area contributed by atoms with E-state index < -0.39 is 6.10 Å². The molecule has 3 N–H and O–H groups in total. The van der Waals surface area contributed by atoms with Crippen molar-refractivity contribution < 1.29 is 24.5 Å². The number of aromatic hydroxyl groups is 1. The normalized spacial score (nSPS) is 16.3. The van der Waals surface area contributed by atoms with E-state index in [1.54, 1.807) is 0 Å². The molecule has 176 valence electrons. The van der Waals surface area contributed by atoms with Crippen LogP contribution in [0, 0.1) is 0 Å². The summed E-state index contributed by atoms with van der Waals surface area (Å²) in [6, 6.07) is 3.89. The van der Waals surface area contributed by atoms with Crippen molar-refractivity contribution in [1.82, 2.24) is 5.32 Å². The lowest BCUT2D eigenvalue weighted by Gasteiger charge is -2.21. The van der Waals surface area contributed by atoms with Gasteiger partial charge in [0.15, 0.2) is 11.5 Å². The molecular formula is C25H41NO5. The molecule has 0 spiro atoms. The molecule has 2 unspecified atom stereocenters. The fourth-order valence-electron chi connectivity index (χ4n) is 4.31. The van der Waals surface area contributed by atoms with Crippen LogP contribution in [0.4, 0.5) is 0 Å². The Hall–Kier alpha value is -1.79. The molecule has 6 heteroatoms. The van der Waals surface area contributed by atoms with Gasteiger partial charge in [0.25, 0.3) is 0 Å². The van der Waals surface area contributed by atoms with Crippen LogP contribution >= 0.6 is 0 Å². The summed E-state index contributed by atoms with van der Waals surface area (Å²) >= 11 is 0.